The van der Waals surface area contributed by atoms with Gasteiger partial charge in [-0.3, -0.25) is 4.79 Å². The predicted molar refractivity (Wildman–Crippen MR) is 87.5 cm³/mol. The van der Waals surface area contributed by atoms with Gasteiger partial charge in [-0.1, -0.05) is 13.3 Å². The van der Waals surface area contributed by atoms with Crippen LogP contribution in [0.3, 0.4) is 0 Å². The lowest BCUT2D eigenvalue weighted by Gasteiger charge is -2.10. The van der Waals surface area contributed by atoms with Gasteiger partial charge in [0.05, 0.1) is 12.8 Å². The third kappa shape index (κ3) is 6.19. The molecule has 3 N–H and O–H groups in total. The zero-order chi connectivity index (χ0) is 14.8. The molecule has 1 aromatic carbocycles. The first-order chi connectivity index (χ1) is 9.67. The van der Waals surface area contributed by atoms with Gasteiger partial charge < -0.3 is 15.8 Å². The Kier molecular flexibility index (Phi) is 7.95. The van der Waals surface area contributed by atoms with E-state index >= 15 is 0 Å². The van der Waals surface area contributed by atoms with Crippen LogP contribution in [0.25, 0.3) is 0 Å². The van der Waals surface area contributed by atoms with E-state index in [0.717, 1.165) is 12.2 Å². The SMILES string of the molecule is CCCCSCCCC(=O)Nc1cc(N)ccc1OC. The van der Waals surface area contributed by atoms with Gasteiger partial charge in [-0.2, -0.15) is 11.8 Å². The standard InChI is InChI=1S/C15H24N2O2S/c1-3-4-9-20-10-5-6-15(18)17-13-11-12(16)7-8-14(13)19-2/h7-8,11H,3-6,9-10,16H2,1-2H3,(H,17,18). The van der Waals surface area contributed by atoms with E-state index in [1.807, 2.05) is 11.8 Å². The summed E-state index contributed by atoms with van der Waals surface area (Å²) in [6.07, 6.45) is 3.89. The summed E-state index contributed by atoms with van der Waals surface area (Å²) >= 11 is 1.91. The van der Waals surface area contributed by atoms with E-state index in [4.69, 9.17) is 10.5 Å². The smallest absolute Gasteiger partial charge is 0.224 e. The summed E-state index contributed by atoms with van der Waals surface area (Å²) in [6, 6.07) is 5.22. The van der Waals surface area contributed by atoms with Gasteiger partial charge >= 0.3 is 0 Å². The third-order valence-corrected chi connectivity index (χ3v) is 3.99. The number of hydrogen-bond acceptors (Lipinski definition) is 4. The van der Waals surface area contributed by atoms with E-state index < -0.39 is 0 Å². The van der Waals surface area contributed by atoms with Crippen molar-refractivity contribution < 1.29 is 9.53 Å². The fourth-order valence-corrected chi connectivity index (χ4v) is 2.76. The highest BCUT2D eigenvalue weighted by Crippen LogP contribution is 2.26. The highest BCUT2D eigenvalue weighted by atomic mass is 32.2. The molecule has 0 unspecified atom stereocenters. The maximum Gasteiger partial charge on any atom is 0.224 e. The number of methoxy groups -OCH3 is 1. The summed E-state index contributed by atoms with van der Waals surface area (Å²) in [5, 5.41) is 2.85. The fourth-order valence-electron chi connectivity index (χ4n) is 1.72. The van der Waals surface area contributed by atoms with Crippen LogP contribution in [0.15, 0.2) is 18.2 Å². The monoisotopic (exact) mass is 296 g/mol. The van der Waals surface area contributed by atoms with Gasteiger partial charge in [0, 0.05) is 12.1 Å². The van der Waals surface area contributed by atoms with Gasteiger partial charge in [0.15, 0.2) is 0 Å². The average Bonchev–Trinajstić information content (AvgIpc) is 2.43. The number of ether oxygens (including phenoxy) is 1. The van der Waals surface area contributed by atoms with Crippen LogP contribution in [-0.2, 0) is 4.79 Å². The number of rotatable bonds is 9. The normalized spacial score (nSPS) is 10.3. The minimum absolute atomic E-state index is 0.00462. The van der Waals surface area contributed by atoms with Crippen LogP contribution in [0.5, 0.6) is 5.75 Å². The van der Waals surface area contributed by atoms with Crippen molar-refractivity contribution in [3.05, 3.63) is 18.2 Å². The molecule has 0 heterocycles. The molecule has 1 aromatic rings. The van der Waals surface area contributed by atoms with Crippen molar-refractivity contribution in [3.8, 4) is 5.75 Å². The van der Waals surface area contributed by atoms with Crippen LogP contribution in [-0.4, -0.2) is 24.5 Å². The molecule has 5 heteroatoms. The highest BCUT2D eigenvalue weighted by molar-refractivity contribution is 7.99. The van der Waals surface area contributed by atoms with Crippen LogP contribution in [0.1, 0.15) is 32.6 Å². The Morgan fingerprint density at radius 1 is 1.35 bits per heavy atom. The summed E-state index contributed by atoms with van der Waals surface area (Å²) < 4.78 is 5.20. The van der Waals surface area contributed by atoms with E-state index in [1.165, 1.54) is 18.6 Å². The van der Waals surface area contributed by atoms with Crippen molar-refractivity contribution in [2.24, 2.45) is 0 Å². The molecule has 0 aliphatic heterocycles. The van der Waals surface area contributed by atoms with Crippen LogP contribution < -0.4 is 15.8 Å². The topological polar surface area (TPSA) is 64.4 Å². The van der Waals surface area contributed by atoms with Crippen LogP contribution in [0.4, 0.5) is 11.4 Å². The first kappa shape index (κ1) is 16.7. The fraction of sp³-hybridized carbons (Fsp3) is 0.533. The Morgan fingerprint density at radius 3 is 2.80 bits per heavy atom. The molecule has 0 spiro atoms. The van der Waals surface area contributed by atoms with Crippen molar-refractivity contribution in [3.63, 3.8) is 0 Å². The molecule has 0 atom stereocenters. The van der Waals surface area contributed by atoms with Crippen molar-refractivity contribution in [1.82, 2.24) is 0 Å². The number of nitrogens with two attached hydrogens (primary N) is 1. The zero-order valence-electron chi connectivity index (χ0n) is 12.3. The molecule has 1 amide bonds. The Labute approximate surface area is 125 Å². The number of carbonyl (C=O) groups is 1. The van der Waals surface area contributed by atoms with E-state index in [2.05, 4.69) is 12.2 Å². The van der Waals surface area contributed by atoms with Crippen molar-refractivity contribution >= 4 is 29.0 Å². The molecule has 20 heavy (non-hydrogen) atoms. The lowest BCUT2D eigenvalue weighted by atomic mass is 10.2. The number of anilines is 2. The van der Waals surface area contributed by atoms with E-state index in [9.17, 15) is 4.79 Å². The molecule has 1 rings (SSSR count). The number of amides is 1. The molecule has 0 aliphatic carbocycles. The van der Waals surface area contributed by atoms with Gasteiger partial charge in [-0.05, 0) is 42.5 Å². The van der Waals surface area contributed by atoms with Gasteiger partial charge in [0.2, 0.25) is 5.91 Å². The number of unbranched alkanes of at least 4 members (excludes halogenated alkanes) is 1. The molecule has 112 valence electrons. The molecular weight excluding hydrogens is 272 g/mol. The van der Waals surface area contributed by atoms with Crippen LogP contribution in [0, 0.1) is 0 Å². The maximum absolute atomic E-state index is 11.9. The minimum Gasteiger partial charge on any atom is -0.495 e. The summed E-state index contributed by atoms with van der Waals surface area (Å²) in [7, 11) is 1.57. The first-order valence-electron chi connectivity index (χ1n) is 6.98. The molecule has 0 fully saturated rings. The van der Waals surface area contributed by atoms with Crippen LogP contribution in [0.2, 0.25) is 0 Å². The van der Waals surface area contributed by atoms with E-state index in [0.29, 0.717) is 23.5 Å². The minimum atomic E-state index is 0.00462. The lowest BCUT2D eigenvalue weighted by molar-refractivity contribution is -0.116. The van der Waals surface area contributed by atoms with Crippen molar-refractivity contribution in [2.45, 2.75) is 32.6 Å². The molecule has 0 saturated heterocycles. The van der Waals surface area contributed by atoms with Crippen LogP contribution >= 0.6 is 11.8 Å². The largest absolute Gasteiger partial charge is 0.495 e. The zero-order valence-corrected chi connectivity index (χ0v) is 13.1. The average molecular weight is 296 g/mol. The Bertz CT molecular complexity index is 424. The second-order valence-corrected chi connectivity index (χ2v) is 5.80. The second-order valence-electron chi connectivity index (χ2n) is 4.58. The number of thioether (sulfide) groups is 1. The van der Waals surface area contributed by atoms with Crippen molar-refractivity contribution in [1.29, 1.82) is 0 Å². The van der Waals surface area contributed by atoms with Gasteiger partial charge in [0.1, 0.15) is 5.75 Å². The molecule has 0 aliphatic rings. The first-order valence-corrected chi connectivity index (χ1v) is 8.14. The highest BCUT2D eigenvalue weighted by Gasteiger charge is 2.07. The van der Waals surface area contributed by atoms with Gasteiger partial charge in [-0.25, -0.2) is 0 Å². The summed E-state index contributed by atoms with van der Waals surface area (Å²) in [6.45, 7) is 2.19. The molecule has 0 saturated carbocycles. The van der Waals surface area contributed by atoms with Gasteiger partial charge in [0.25, 0.3) is 0 Å². The quantitative estimate of drug-likeness (QED) is 0.540. The summed E-state index contributed by atoms with van der Waals surface area (Å²) in [5.41, 5.74) is 6.96. The molecule has 0 bridgehead atoms. The molecule has 0 radical (unpaired) electrons. The number of hydrogen-bond donors (Lipinski definition) is 2. The Morgan fingerprint density at radius 2 is 2.10 bits per heavy atom. The van der Waals surface area contributed by atoms with E-state index in [-0.39, 0.29) is 5.91 Å². The second kappa shape index (κ2) is 9.53. The Hall–Kier alpha value is -1.36. The lowest BCUT2D eigenvalue weighted by Crippen LogP contribution is -2.12. The van der Waals surface area contributed by atoms with Gasteiger partial charge in [-0.15, -0.1) is 0 Å². The summed E-state index contributed by atoms with van der Waals surface area (Å²) in [4.78, 5) is 11.9. The number of benzene rings is 1. The van der Waals surface area contributed by atoms with Crippen molar-refractivity contribution in [2.75, 3.05) is 29.7 Å². The maximum atomic E-state index is 11.9. The molecule has 4 nitrogen and oxygen atoms in total. The number of carbonyl (C=O) groups excluding carboxylic acids is 1. The predicted octanol–water partition coefficient (Wildman–Crippen LogP) is 3.53. The summed E-state index contributed by atoms with van der Waals surface area (Å²) in [5.74, 6) is 2.85. The molecular formula is C15H24N2O2S. The Balaban J connectivity index is 2.33. The molecule has 0 aromatic heterocycles. The number of nitrogens with one attached hydrogen (secondary N) is 1. The third-order valence-electron chi connectivity index (χ3n) is 2.83. The number of nitrogen functional groups attached to an aromatic ring is 1. The van der Waals surface area contributed by atoms with E-state index in [1.54, 1.807) is 25.3 Å².